The van der Waals surface area contributed by atoms with Crippen molar-refractivity contribution in [2.45, 2.75) is 45.6 Å². The van der Waals surface area contributed by atoms with Gasteiger partial charge in [0.25, 0.3) is 0 Å². The Morgan fingerprint density at radius 1 is 1.11 bits per heavy atom. The molecule has 1 saturated heterocycles. The standard InChI is InChI=1S/C21H34N4O.HI/c1-3-21(10-4-5-11-21)17-24-20(22-2)23-16-18-6-8-19(9-7-18)25-12-14-26-15-13-25;/h6-9H,3-5,10-17H2,1-2H3,(H2,22,23,24);1H. The van der Waals surface area contributed by atoms with Crippen LogP contribution in [0, 0.1) is 5.41 Å². The Morgan fingerprint density at radius 2 is 1.78 bits per heavy atom. The summed E-state index contributed by atoms with van der Waals surface area (Å²) in [6.07, 6.45) is 6.68. The maximum Gasteiger partial charge on any atom is 0.191 e. The maximum atomic E-state index is 5.43. The van der Waals surface area contributed by atoms with Crippen LogP contribution >= 0.6 is 24.0 Å². The molecule has 2 N–H and O–H groups in total. The number of anilines is 1. The fourth-order valence-corrected chi connectivity index (χ4v) is 4.10. The maximum absolute atomic E-state index is 5.43. The number of rotatable bonds is 6. The summed E-state index contributed by atoms with van der Waals surface area (Å²) in [5.74, 6) is 0.905. The molecule has 2 fully saturated rings. The molecule has 1 aromatic carbocycles. The first kappa shape index (κ1) is 22.3. The van der Waals surface area contributed by atoms with E-state index in [1.807, 2.05) is 7.05 Å². The largest absolute Gasteiger partial charge is 0.378 e. The Morgan fingerprint density at radius 3 is 2.37 bits per heavy atom. The van der Waals surface area contributed by atoms with Gasteiger partial charge in [-0.3, -0.25) is 4.99 Å². The van der Waals surface area contributed by atoms with Gasteiger partial charge in [0.1, 0.15) is 0 Å². The average molecular weight is 486 g/mol. The summed E-state index contributed by atoms with van der Waals surface area (Å²) in [5, 5.41) is 7.01. The lowest BCUT2D eigenvalue weighted by Crippen LogP contribution is -2.42. The van der Waals surface area contributed by atoms with Crippen LogP contribution in [-0.4, -0.2) is 45.9 Å². The second-order valence-electron chi connectivity index (χ2n) is 7.61. The highest BCUT2D eigenvalue weighted by Gasteiger charge is 2.31. The zero-order valence-corrected chi connectivity index (χ0v) is 19.1. The summed E-state index contributed by atoms with van der Waals surface area (Å²) in [6, 6.07) is 8.83. The average Bonchev–Trinajstić information content (AvgIpc) is 3.19. The molecule has 1 aromatic rings. The van der Waals surface area contributed by atoms with Gasteiger partial charge in [-0.05, 0) is 42.4 Å². The van der Waals surface area contributed by atoms with Crippen molar-refractivity contribution in [2.24, 2.45) is 10.4 Å². The SMILES string of the molecule is CCC1(CNC(=NC)NCc2ccc(N3CCOCC3)cc2)CCCC1.I. The molecule has 0 atom stereocenters. The molecule has 0 unspecified atom stereocenters. The number of nitrogens with one attached hydrogen (secondary N) is 2. The van der Waals surface area contributed by atoms with E-state index >= 15 is 0 Å². The molecule has 3 rings (SSSR count). The summed E-state index contributed by atoms with van der Waals surface area (Å²) in [4.78, 5) is 6.77. The molecular weight excluding hydrogens is 451 g/mol. The second kappa shape index (κ2) is 11.1. The van der Waals surface area contributed by atoms with Crippen molar-refractivity contribution >= 4 is 35.6 Å². The molecule has 1 aliphatic carbocycles. The number of nitrogens with zero attached hydrogens (tertiary/aromatic N) is 2. The Bertz CT molecular complexity index is 578. The van der Waals surface area contributed by atoms with E-state index in [1.54, 1.807) is 0 Å². The lowest BCUT2D eigenvalue weighted by molar-refractivity contribution is 0.122. The van der Waals surface area contributed by atoms with Crippen LogP contribution in [0.5, 0.6) is 0 Å². The summed E-state index contributed by atoms with van der Waals surface area (Å²) >= 11 is 0. The fraction of sp³-hybridized carbons (Fsp3) is 0.667. The first-order chi connectivity index (χ1) is 12.7. The zero-order chi connectivity index (χ0) is 18.2. The van der Waals surface area contributed by atoms with Gasteiger partial charge in [0.05, 0.1) is 13.2 Å². The van der Waals surface area contributed by atoms with Gasteiger partial charge in [-0.2, -0.15) is 0 Å². The van der Waals surface area contributed by atoms with Crippen molar-refractivity contribution in [1.82, 2.24) is 10.6 Å². The molecule has 2 aliphatic rings. The van der Waals surface area contributed by atoms with Crippen LogP contribution in [0.4, 0.5) is 5.69 Å². The molecule has 27 heavy (non-hydrogen) atoms. The van der Waals surface area contributed by atoms with Gasteiger partial charge >= 0.3 is 0 Å². The van der Waals surface area contributed by atoms with Crippen LogP contribution in [0.3, 0.4) is 0 Å². The number of hydrogen-bond donors (Lipinski definition) is 2. The van der Waals surface area contributed by atoms with E-state index in [0.29, 0.717) is 5.41 Å². The topological polar surface area (TPSA) is 48.9 Å². The number of benzene rings is 1. The van der Waals surface area contributed by atoms with Crippen molar-refractivity contribution in [3.63, 3.8) is 0 Å². The Labute approximate surface area is 181 Å². The minimum atomic E-state index is 0. The minimum absolute atomic E-state index is 0. The Balaban J connectivity index is 0.00000261. The quantitative estimate of drug-likeness (QED) is 0.365. The van der Waals surface area contributed by atoms with E-state index in [9.17, 15) is 0 Å². The van der Waals surface area contributed by atoms with Gasteiger partial charge in [0, 0.05) is 38.9 Å². The predicted molar refractivity (Wildman–Crippen MR) is 124 cm³/mol. The normalized spacial score (nSPS) is 19.5. The van der Waals surface area contributed by atoms with Crippen molar-refractivity contribution in [3.05, 3.63) is 29.8 Å². The molecule has 1 saturated carbocycles. The minimum Gasteiger partial charge on any atom is -0.378 e. The van der Waals surface area contributed by atoms with Crippen LogP contribution in [0.15, 0.2) is 29.3 Å². The molecular formula is C21H35IN4O. The van der Waals surface area contributed by atoms with Gasteiger partial charge < -0.3 is 20.3 Å². The van der Waals surface area contributed by atoms with Crippen molar-refractivity contribution in [2.75, 3.05) is 44.8 Å². The van der Waals surface area contributed by atoms with Crippen LogP contribution in [-0.2, 0) is 11.3 Å². The van der Waals surface area contributed by atoms with Crippen molar-refractivity contribution in [1.29, 1.82) is 0 Å². The van der Waals surface area contributed by atoms with E-state index in [2.05, 4.69) is 51.7 Å². The molecule has 0 radical (unpaired) electrons. The molecule has 0 aromatic heterocycles. The highest BCUT2D eigenvalue weighted by atomic mass is 127. The van der Waals surface area contributed by atoms with E-state index in [1.165, 1.54) is 43.4 Å². The molecule has 1 heterocycles. The highest BCUT2D eigenvalue weighted by molar-refractivity contribution is 14.0. The van der Waals surface area contributed by atoms with Gasteiger partial charge in [-0.1, -0.05) is 31.9 Å². The van der Waals surface area contributed by atoms with E-state index in [-0.39, 0.29) is 24.0 Å². The van der Waals surface area contributed by atoms with Crippen LogP contribution in [0.2, 0.25) is 0 Å². The van der Waals surface area contributed by atoms with E-state index in [4.69, 9.17) is 4.74 Å². The fourth-order valence-electron chi connectivity index (χ4n) is 4.10. The molecule has 0 bridgehead atoms. The summed E-state index contributed by atoms with van der Waals surface area (Å²) < 4.78 is 5.43. The lowest BCUT2D eigenvalue weighted by atomic mass is 9.83. The van der Waals surface area contributed by atoms with Gasteiger partial charge in [0.2, 0.25) is 0 Å². The third kappa shape index (κ3) is 6.24. The molecule has 5 nitrogen and oxygen atoms in total. The number of halogens is 1. The first-order valence-electron chi connectivity index (χ1n) is 10.1. The summed E-state index contributed by atoms with van der Waals surface area (Å²) in [5.41, 5.74) is 3.03. The molecule has 0 spiro atoms. The Kier molecular flexibility index (Phi) is 9.15. The molecule has 1 aliphatic heterocycles. The summed E-state index contributed by atoms with van der Waals surface area (Å²) in [7, 11) is 1.85. The number of morpholine rings is 1. The van der Waals surface area contributed by atoms with Crippen molar-refractivity contribution in [3.8, 4) is 0 Å². The third-order valence-corrected chi connectivity index (χ3v) is 6.04. The second-order valence-corrected chi connectivity index (χ2v) is 7.61. The smallest absolute Gasteiger partial charge is 0.191 e. The highest BCUT2D eigenvalue weighted by Crippen LogP contribution is 2.40. The lowest BCUT2D eigenvalue weighted by Gasteiger charge is -2.29. The van der Waals surface area contributed by atoms with Gasteiger partial charge in [0.15, 0.2) is 5.96 Å². The van der Waals surface area contributed by atoms with Crippen LogP contribution in [0.1, 0.15) is 44.6 Å². The predicted octanol–water partition coefficient (Wildman–Crippen LogP) is 3.78. The van der Waals surface area contributed by atoms with Crippen molar-refractivity contribution < 1.29 is 4.74 Å². The van der Waals surface area contributed by atoms with Crippen LogP contribution < -0.4 is 15.5 Å². The molecule has 0 amide bonds. The number of aliphatic imine (C=N–C) groups is 1. The zero-order valence-electron chi connectivity index (χ0n) is 16.8. The molecule has 6 heteroatoms. The van der Waals surface area contributed by atoms with Crippen LogP contribution in [0.25, 0.3) is 0 Å². The number of hydrogen-bond acceptors (Lipinski definition) is 3. The van der Waals surface area contributed by atoms with Gasteiger partial charge in [-0.15, -0.1) is 24.0 Å². The van der Waals surface area contributed by atoms with Gasteiger partial charge in [-0.25, -0.2) is 0 Å². The Hall–Kier alpha value is -1.02. The van der Waals surface area contributed by atoms with E-state index in [0.717, 1.165) is 45.4 Å². The van der Waals surface area contributed by atoms with E-state index < -0.39 is 0 Å². The monoisotopic (exact) mass is 486 g/mol. The molecule has 152 valence electrons. The summed E-state index contributed by atoms with van der Waals surface area (Å²) in [6.45, 7) is 7.75. The number of guanidine groups is 1. The number of ether oxygens (including phenoxy) is 1. The third-order valence-electron chi connectivity index (χ3n) is 6.04. The first-order valence-corrected chi connectivity index (χ1v) is 10.1.